The second-order valence-electron chi connectivity index (χ2n) is 5.48. The lowest BCUT2D eigenvalue weighted by Crippen LogP contribution is -2.43. The van der Waals surface area contributed by atoms with Crippen molar-refractivity contribution >= 4 is 34.8 Å². The smallest absolute Gasteiger partial charge is 0.348 e. The minimum atomic E-state index is -0.248. The van der Waals surface area contributed by atoms with Gasteiger partial charge in [-0.05, 0) is 25.2 Å². The molecule has 3 heterocycles. The molecule has 4 nitrogen and oxygen atoms in total. The Kier molecular flexibility index (Phi) is 3.97. The van der Waals surface area contributed by atoms with Crippen LogP contribution in [0.3, 0.4) is 0 Å². The zero-order valence-corrected chi connectivity index (χ0v) is 13.1. The molecule has 0 amide bonds. The van der Waals surface area contributed by atoms with E-state index in [2.05, 4.69) is 0 Å². The standard InChI is InChI=1S/C14H19NO3S2/c1-9-11(15)6-12(20-9)13(16)18-10-2-4-17-14(7-10)3-5-19-8-14/h6,10H,2-5,7-8,15H2,1H3. The lowest BCUT2D eigenvalue weighted by molar-refractivity contribution is -0.106. The molecule has 2 atom stereocenters. The van der Waals surface area contributed by atoms with Crippen LogP contribution in [0.2, 0.25) is 0 Å². The average molecular weight is 313 g/mol. The molecule has 2 fully saturated rings. The molecule has 0 radical (unpaired) electrons. The van der Waals surface area contributed by atoms with Crippen molar-refractivity contribution in [2.75, 3.05) is 23.8 Å². The summed E-state index contributed by atoms with van der Waals surface area (Å²) in [4.78, 5) is 13.7. The van der Waals surface area contributed by atoms with Crippen LogP contribution < -0.4 is 5.73 Å². The van der Waals surface area contributed by atoms with Gasteiger partial charge < -0.3 is 15.2 Å². The van der Waals surface area contributed by atoms with Crippen LogP contribution >= 0.6 is 23.1 Å². The Balaban J connectivity index is 1.63. The van der Waals surface area contributed by atoms with Crippen LogP contribution in [0.1, 0.15) is 33.8 Å². The highest BCUT2D eigenvalue weighted by atomic mass is 32.2. The van der Waals surface area contributed by atoms with Gasteiger partial charge in [0.15, 0.2) is 0 Å². The monoisotopic (exact) mass is 313 g/mol. The Labute approximate surface area is 127 Å². The number of ether oxygens (including phenoxy) is 2. The molecule has 2 unspecified atom stereocenters. The van der Waals surface area contributed by atoms with Crippen LogP contribution in [0, 0.1) is 6.92 Å². The first-order chi connectivity index (χ1) is 9.58. The van der Waals surface area contributed by atoms with Gasteiger partial charge in [0.05, 0.1) is 12.2 Å². The highest BCUT2D eigenvalue weighted by molar-refractivity contribution is 7.99. The van der Waals surface area contributed by atoms with Crippen LogP contribution in [0.15, 0.2) is 6.07 Å². The largest absolute Gasteiger partial charge is 0.458 e. The summed E-state index contributed by atoms with van der Waals surface area (Å²) >= 11 is 3.32. The van der Waals surface area contributed by atoms with Gasteiger partial charge >= 0.3 is 5.97 Å². The molecule has 0 saturated carbocycles. The van der Waals surface area contributed by atoms with Crippen molar-refractivity contribution in [3.63, 3.8) is 0 Å². The first-order valence-corrected chi connectivity index (χ1v) is 8.84. The van der Waals surface area contributed by atoms with Crippen molar-refractivity contribution in [1.29, 1.82) is 0 Å². The van der Waals surface area contributed by atoms with Gasteiger partial charge in [0.25, 0.3) is 0 Å². The fraction of sp³-hybridized carbons (Fsp3) is 0.643. The number of esters is 1. The van der Waals surface area contributed by atoms with Crippen molar-refractivity contribution in [2.45, 2.75) is 37.9 Å². The van der Waals surface area contributed by atoms with Gasteiger partial charge in [0, 0.05) is 29.2 Å². The molecule has 1 spiro atoms. The summed E-state index contributed by atoms with van der Waals surface area (Å²) in [6.45, 7) is 2.60. The molecule has 2 aliphatic rings. The maximum Gasteiger partial charge on any atom is 0.348 e. The van der Waals surface area contributed by atoms with Crippen molar-refractivity contribution in [2.24, 2.45) is 0 Å². The molecule has 2 N–H and O–H groups in total. The van der Waals surface area contributed by atoms with Crippen molar-refractivity contribution in [3.8, 4) is 0 Å². The normalized spacial score (nSPS) is 29.8. The van der Waals surface area contributed by atoms with E-state index in [4.69, 9.17) is 15.2 Å². The zero-order valence-electron chi connectivity index (χ0n) is 11.5. The number of hydrogen-bond donors (Lipinski definition) is 1. The van der Waals surface area contributed by atoms with E-state index in [9.17, 15) is 4.79 Å². The molecule has 2 aliphatic heterocycles. The van der Waals surface area contributed by atoms with E-state index in [-0.39, 0.29) is 17.7 Å². The average Bonchev–Trinajstić information content (AvgIpc) is 2.98. The number of hydrogen-bond acceptors (Lipinski definition) is 6. The minimum absolute atomic E-state index is 0.0291. The van der Waals surface area contributed by atoms with Crippen molar-refractivity contribution < 1.29 is 14.3 Å². The van der Waals surface area contributed by atoms with Gasteiger partial charge in [-0.25, -0.2) is 4.79 Å². The summed E-state index contributed by atoms with van der Waals surface area (Å²) in [6, 6.07) is 1.71. The molecule has 3 rings (SSSR count). The Morgan fingerprint density at radius 1 is 1.60 bits per heavy atom. The molecular formula is C14H19NO3S2. The van der Waals surface area contributed by atoms with Gasteiger partial charge in [-0.15, -0.1) is 11.3 Å². The number of carbonyl (C=O) groups is 1. The second-order valence-corrected chi connectivity index (χ2v) is 7.84. The number of nitrogen functional groups attached to an aromatic ring is 1. The molecular weight excluding hydrogens is 294 g/mol. The molecule has 20 heavy (non-hydrogen) atoms. The topological polar surface area (TPSA) is 61.5 Å². The zero-order chi connectivity index (χ0) is 14.2. The van der Waals surface area contributed by atoms with E-state index < -0.39 is 0 Å². The summed E-state index contributed by atoms with van der Waals surface area (Å²) in [5.41, 5.74) is 6.39. The molecule has 110 valence electrons. The van der Waals surface area contributed by atoms with E-state index in [1.54, 1.807) is 6.07 Å². The van der Waals surface area contributed by atoms with E-state index >= 15 is 0 Å². The molecule has 1 aromatic rings. The Morgan fingerprint density at radius 3 is 3.10 bits per heavy atom. The molecule has 0 aromatic carbocycles. The summed E-state index contributed by atoms with van der Waals surface area (Å²) in [5, 5.41) is 0. The molecule has 6 heteroatoms. The molecule has 1 aromatic heterocycles. The van der Waals surface area contributed by atoms with Gasteiger partial charge in [0.1, 0.15) is 11.0 Å². The molecule has 0 aliphatic carbocycles. The lowest BCUT2D eigenvalue weighted by atomic mass is 9.91. The van der Waals surface area contributed by atoms with Gasteiger partial charge in [-0.2, -0.15) is 11.8 Å². The lowest BCUT2D eigenvalue weighted by Gasteiger charge is -2.37. The number of thiophene rings is 1. The highest BCUT2D eigenvalue weighted by Gasteiger charge is 2.41. The van der Waals surface area contributed by atoms with Gasteiger partial charge in [-0.3, -0.25) is 0 Å². The molecule has 2 saturated heterocycles. The van der Waals surface area contributed by atoms with E-state index in [1.807, 2.05) is 18.7 Å². The third-order valence-corrected chi connectivity index (χ3v) is 6.22. The summed E-state index contributed by atoms with van der Waals surface area (Å²) in [5.74, 6) is 1.91. The SMILES string of the molecule is Cc1sc(C(=O)OC2CCOC3(CCSC3)C2)cc1N. The number of rotatable bonds is 2. The summed E-state index contributed by atoms with van der Waals surface area (Å²) in [7, 11) is 0. The fourth-order valence-corrected chi connectivity index (χ4v) is 4.96. The maximum atomic E-state index is 12.2. The maximum absolute atomic E-state index is 12.2. The van der Waals surface area contributed by atoms with Gasteiger partial charge in [-0.1, -0.05) is 0 Å². The predicted molar refractivity (Wildman–Crippen MR) is 82.5 cm³/mol. The summed E-state index contributed by atoms with van der Waals surface area (Å²) < 4.78 is 11.6. The number of anilines is 1. The number of thioether (sulfide) groups is 1. The highest BCUT2D eigenvalue weighted by Crippen LogP contribution is 2.39. The Bertz CT molecular complexity index is 489. The van der Waals surface area contributed by atoms with E-state index in [1.165, 1.54) is 11.3 Å². The predicted octanol–water partition coefficient (Wildman–Crippen LogP) is 2.85. The van der Waals surface area contributed by atoms with Crippen molar-refractivity contribution in [1.82, 2.24) is 0 Å². The quantitative estimate of drug-likeness (QED) is 0.851. The van der Waals surface area contributed by atoms with E-state index in [0.29, 0.717) is 17.2 Å². The fourth-order valence-electron chi connectivity index (χ4n) is 2.75. The minimum Gasteiger partial charge on any atom is -0.458 e. The number of nitrogens with two attached hydrogens (primary N) is 1. The summed E-state index contributed by atoms with van der Waals surface area (Å²) in [6.07, 6.45) is 2.65. The van der Waals surface area contributed by atoms with Crippen LogP contribution in [-0.2, 0) is 9.47 Å². The van der Waals surface area contributed by atoms with Crippen LogP contribution in [-0.4, -0.2) is 35.8 Å². The second kappa shape index (κ2) is 5.58. The van der Waals surface area contributed by atoms with Gasteiger partial charge in [0.2, 0.25) is 0 Å². The first kappa shape index (κ1) is 14.2. The first-order valence-electron chi connectivity index (χ1n) is 6.87. The Hall–Kier alpha value is -0.720. The molecule has 0 bridgehead atoms. The van der Waals surface area contributed by atoms with Crippen molar-refractivity contribution in [3.05, 3.63) is 15.8 Å². The number of carbonyl (C=O) groups excluding carboxylic acids is 1. The third-order valence-electron chi connectivity index (χ3n) is 3.95. The van der Waals surface area contributed by atoms with Crippen LogP contribution in [0.5, 0.6) is 0 Å². The van der Waals surface area contributed by atoms with Crippen LogP contribution in [0.4, 0.5) is 5.69 Å². The number of aryl methyl sites for hydroxylation is 1. The Morgan fingerprint density at radius 2 is 2.45 bits per heavy atom. The van der Waals surface area contributed by atoms with E-state index in [0.717, 1.165) is 35.6 Å². The third kappa shape index (κ3) is 2.82. The van der Waals surface area contributed by atoms with Crippen LogP contribution in [0.25, 0.3) is 0 Å².